The van der Waals surface area contributed by atoms with Crippen LogP contribution in [-0.2, 0) is 10.0 Å². The van der Waals surface area contributed by atoms with Crippen LogP contribution in [0.5, 0.6) is 0 Å². The zero-order valence-electron chi connectivity index (χ0n) is 16.4. The van der Waals surface area contributed by atoms with Crippen LogP contribution in [0.4, 0.5) is 11.4 Å². The van der Waals surface area contributed by atoms with Gasteiger partial charge in [0.2, 0.25) is 10.0 Å². The average molecular weight is 451 g/mol. The minimum Gasteiger partial charge on any atom is -0.322 e. The molecule has 1 amide bonds. The molecule has 0 aliphatic carbocycles. The molecule has 4 rings (SSSR count). The number of carbonyl (C=O) groups excluding carboxylic acids is 1. The Labute approximate surface area is 183 Å². The second kappa shape index (κ2) is 8.66. The summed E-state index contributed by atoms with van der Waals surface area (Å²) >= 11 is 1.54. The number of rotatable bonds is 6. The van der Waals surface area contributed by atoms with E-state index in [0.29, 0.717) is 16.9 Å². The smallest absolute Gasteiger partial charge is 0.255 e. The molecule has 0 saturated carbocycles. The fourth-order valence-corrected chi connectivity index (χ4v) is 4.30. The third-order valence-corrected chi connectivity index (χ3v) is 5.80. The second-order valence-electron chi connectivity index (χ2n) is 6.76. The van der Waals surface area contributed by atoms with Crippen molar-refractivity contribution in [3.8, 4) is 21.8 Å². The van der Waals surface area contributed by atoms with Gasteiger partial charge in [-0.25, -0.2) is 13.4 Å². The first-order valence-corrected chi connectivity index (χ1v) is 12.0. The van der Waals surface area contributed by atoms with Crippen LogP contribution in [0.2, 0.25) is 0 Å². The number of sulfonamides is 1. The Kier molecular flexibility index (Phi) is 5.79. The molecule has 9 heteroatoms. The van der Waals surface area contributed by atoms with Crippen molar-refractivity contribution < 1.29 is 13.2 Å². The van der Waals surface area contributed by atoms with Crippen LogP contribution in [0.1, 0.15) is 10.4 Å². The van der Waals surface area contributed by atoms with E-state index in [1.807, 2.05) is 35.7 Å². The largest absolute Gasteiger partial charge is 0.322 e. The molecule has 0 aliphatic heterocycles. The summed E-state index contributed by atoms with van der Waals surface area (Å²) in [4.78, 5) is 21.3. The van der Waals surface area contributed by atoms with Gasteiger partial charge in [0.25, 0.3) is 5.91 Å². The molecule has 0 bridgehead atoms. The van der Waals surface area contributed by atoms with Crippen molar-refractivity contribution in [3.05, 3.63) is 84.0 Å². The van der Waals surface area contributed by atoms with Gasteiger partial charge in [-0.1, -0.05) is 12.1 Å². The number of pyridine rings is 1. The van der Waals surface area contributed by atoms with Gasteiger partial charge < -0.3 is 5.32 Å². The molecule has 0 fully saturated rings. The first-order valence-electron chi connectivity index (χ1n) is 9.23. The number of benzene rings is 2. The molecule has 31 heavy (non-hydrogen) atoms. The number of thiazole rings is 1. The monoisotopic (exact) mass is 450 g/mol. The Morgan fingerprint density at radius 1 is 0.935 bits per heavy atom. The van der Waals surface area contributed by atoms with Gasteiger partial charge >= 0.3 is 0 Å². The van der Waals surface area contributed by atoms with E-state index in [1.54, 1.807) is 54.1 Å². The van der Waals surface area contributed by atoms with E-state index in [9.17, 15) is 13.2 Å². The van der Waals surface area contributed by atoms with Crippen molar-refractivity contribution in [1.29, 1.82) is 0 Å². The standard InChI is InChI=1S/C22H18N4O3S2/c1-31(28,29)26-18-7-5-15(6-8-18)21(27)24-19-4-2-3-17(13-19)20-14-30-22(25-20)16-9-11-23-12-10-16/h2-14,26H,1H3,(H,24,27). The predicted octanol–water partition coefficient (Wildman–Crippen LogP) is 4.50. The third kappa shape index (κ3) is 5.33. The number of hydrogen-bond donors (Lipinski definition) is 2. The fourth-order valence-electron chi connectivity index (χ4n) is 2.90. The topological polar surface area (TPSA) is 101 Å². The summed E-state index contributed by atoms with van der Waals surface area (Å²) in [6.45, 7) is 0. The van der Waals surface area contributed by atoms with E-state index >= 15 is 0 Å². The molecular formula is C22H18N4O3S2. The quantitative estimate of drug-likeness (QED) is 0.451. The van der Waals surface area contributed by atoms with Crippen molar-refractivity contribution in [1.82, 2.24) is 9.97 Å². The minimum absolute atomic E-state index is 0.293. The normalized spacial score (nSPS) is 11.1. The van der Waals surface area contributed by atoms with Crippen molar-refractivity contribution in [2.24, 2.45) is 0 Å². The molecule has 2 aromatic heterocycles. The molecule has 0 saturated heterocycles. The number of nitrogens with one attached hydrogen (secondary N) is 2. The van der Waals surface area contributed by atoms with Gasteiger partial charge in [0.15, 0.2) is 0 Å². The van der Waals surface area contributed by atoms with Crippen LogP contribution < -0.4 is 10.0 Å². The molecule has 0 spiro atoms. The Balaban J connectivity index is 1.49. The minimum atomic E-state index is -3.36. The molecule has 2 N–H and O–H groups in total. The number of carbonyl (C=O) groups is 1. The first-order chi connectivity index (χ1) is 14.9. The van der Waals surface area contributed by atoms with Crippen LogP contribution in [0.3, 0.4) is 0 Å². The molecule has 0 radical (unpaired) electrons. The Bertz CT molecular complexity index is 1320. The zero-order valence-corrected chi connectivity index (χ0v) is 18.1. The Morgan fingerprint density at radius 3 is 2.39 bits per heavy atom. The summed E-state index contributed by atoms with van der Waals surface area (Å²) in [5.41, 5.74) is 4.17. The van der Waals surface area contributed by atoms with Gasteiger partial charge in [0, 0.05) is 45.8 Å². The average Bonchev–Trinajstić information content (AvgIpc) is 3.24. The molecule has 2 heterocycles. The third-order valence-electron chi connectivity index (χ3n) is 4.30. The maximum atomic E-state index is 12.6. The van der Waals surface area contributed by atoms with Crippen LogP contribution >= 0.6 is 11.3 Å². The number of anilines is 2. The van der Waals surface area contributed by atoms with E-state index < -0.39 is 10.0 Å². The van der Waals surface area contributed by atoms with Crippen molar-refractivity contribution in [2.45, 2.75) is 0 Å². The van der Waals surface area contributed by atoms with Gasteiger partial charge in [-0.15, -0.1) is 11.3 Å². The molecule has 0 atom stereocenters. The summed E-state index contributed by atoms with van der Waals surface area (Å²) in [5.74, 6) is -0.293. The summed E-state index contributed by atoms with van der Waals surface area (Å²) in [6, 6.07) is 17.5. The molecule has 4 aromatic rings. The highest BCUT2D eigenvalue weighted by Gasteiger charge is 2.10. The van der Waals surface area contributed by atoms with E-state index in [2.05, 4.69) is 15.0 Å². The number of aromatic nitrogens is 2. The van der Waals surface area contributed by atoms with Crippen LogP contribution in [0, 0.1) is 0 Å². The van der Waals surface area contributed by atoms with E-state index in [0.717, 1.165) is 28.1 Å². The molecule has 7 nitrogen and oxygen atoms in total. The van der Waals surface area contributed by atoms with Crippen LogP contribution in [0.15, 0.2) is 78.4 Å². The number of hydrogen-bond acceptors (Lipinski definition) is 6. The van der Waals surface area contributed by atoms with Gasteiger partial charge in [-0.2, -0.15) is 0 Å². The van der Waals surface area contributed by atoms with Crippen LogP contribution in [0.25, 0.3) is 21.8 Å². The van der Waals surface area contributed by atoms with Crippen molar-refractivity contribution in [3.63, 3.8) is 0 Å². The Hall–Kier alpha value is -3.56. The van der Waals surface area contributed by atoms with E-state index in [4.69, 9.17) is 4.98 Å². The SMILES string of the molecule is CS(=O)(=O)Nc1ccc(C(=O)Nc2cccc(-c3csc(-c4ccncc4)n3)c2)cc1. The lowest BCUT2D eigenvalue weighted by atomic mass is 10.1. The van der Waals surface area contributed by atoms with Gasteiger partial charge in [0.1, 0.15) is 5.01 Å². The highest BCUT2D eigenvalue weighted by atomic mass is 32.2. The molecule has 156 valence electrons. The van der Waals surface area contributed by atoms with E-state index in [1.165, 1.54) is 0 Å². The lowest BCUT2D eigenvalue weighted by molar-refractivity contribution is 0.102. The molecule has 0 unspecified atom stereocenters. The van der Waals surface area contributed by atoms with Gasteiger partial charge in [0.05, 0.1) is 11.9 Å². The highest BCUT2D eigenvalue weighted by Crippen LogP contribution is 2.29. The number of amides is 1. The molecular weight excluding hydrogens is 432 g/mol. The van der Waals surface area contributed by atoms with Gasteiger partial charge in [-0.05, 0) is 48.5 Å². The second-order valence-corrected chi connectivity index (χ2v) is 9.37. The summed E-state index contributed by atoms with van der Waals surface area (Å²) < 4.78 is 25.0. The maximum Gasteiger partial charge on any atom is 0.255 e. The predicted molar refractivity (Wildman–Crippen MR) is 124 cm³/mol. The maximum absolute atomic E-state index is 12.6. The molecule has 0 aliphatic rings. The summed E-state index contributed by atoms with van der Waals surface area (Å²) in [6.07, 6.45) is 4.54. The van der Waals surface area contributed by atoms with Crippen LogP contribution in [-0.4, -0.2) is 30.5 Å². The summed E-state index contributed by atoms with van der Waals surface area (Å²) in [7, 11) is -3.36. The molecule has 2 aromatic carbocycles. The lowest BCUT2D eigenvalue weighted by Crippen LogP contribution is -2.13. The van der Waals surface area contributed by atoms with Gasteiger partial charge in [-0.3, -0.25) is 14.5 Å². The zero-order chi connectivity index (χ0) is 21.8. The highest BCUT2D eigenvalue weighted by molar-refractivity contribution is 7.92. The van der Waals surface area contributed by atoms with E-state index in [-0.39, 0.29) is 5.91 Å². The first kappa shape index (κ1) is 20.7. The summed E-state index contributed by atoms with van der Waals surface area (Å²) in [5, 5.41) is 5.74. The lowest BCUT2D eigenvalue weighted by Gasteiger charge is -2.08. The van der Waals surface area contributed by atoms with Crippen molar-refractivity contribution >= 4 is 38.6 Å². The van der Waals surface area contributed by atoms with Crippen molar-refractivity contribution in [2.75, 3.05) is 16.3 Å². The number of nitrogens with zero attached hydrogens (tertiary/aromatic N) is 2. The fraction of sp³-hybridized carbons (Fsp3) is 0.0455. The Morgan fingerprint density at radius 2 is 1.68 bits per heavy atom.